The number of rotatable bonds is 11. The molecular weight excluding hydrogens is 404 g/mol. The number of methoxy groups -OCH3 is 1. The molecule has 0 amide bonds. The Morgan fingerprint density at radius 2 is 1.59 bits per heavy atom. The number of ether oxygens (including phenoxy) is 2. The summed E-state index contributed by atoms with van der Waals surface area (Å²) in [7, 11) is 3.23. The Balaban J connectivity index is 1.77. The van der Waals surface area contributed by atoms with Gasteiger partial charge in [0, 0.05) is 29.8 Å². The van der Waals surface area contributed by atoms with Gasteiger partial charge in [-0.2, -0.15) is 0 Å². The number of carbonyl (C=O) groups excluding carboxylic acids is 2. The second kappa shape index (κ2) is 11.7. The van der Waals surface area contributed by atoms with Crippen LogP contribution in [0.25, 0.3) is 0 Å². The van der Waals surface area contributed by atoms with Crippen LogP contribution in [0.1, 0.15) is 21.5 Å². The molecule has 0 heterocycles. The highest BCUT2D eigenvalue weighted by atomic mass is 16.5. The van der Waals surface area contributed by atoms with Crippen LogP contribution in [0.3, 0.4) is 0 Å². The molecule has 166 valence electrons. The average molecular weight is 433 g/mol. The van der Waals surface area contributed by atoms with Crippen LogP contribution in [0, 0.1) is 0 Å². The van der Waals surface area contributed by atoms with Crippen molar-refractivity contribution in [2.24, 2.45) is 0 Å². The summed E-state index contributed by atoms with van der Waals surface area (Å²) in [5, 5.41) is 6.25. The van der Waals surface area contributed by atoms with Crippen LogP contribution < -0.4 is 15.4 Å². The number of ketones is 1. The van der Waals surface area contributed by atoms with Gasteiger partial charge < -0.3 is 20.1 Å². The smallest absolute Gasteiger partial charge is 0.328 e. The first kappa shape index (κ1) is 23.0. The third kappa shape index (κ3) is 6.18. The van der Waals surface area contributed by atoms with E-state index < -0.39 is 12.0 Å². The second-order valence-electron chi connectivity index (χ2n) is 7.26. The first-order valence-electron chi connectivity index (χ1n) is 10.5. The van der Waals surface area contributed by atoms with Gasteiger partial charge >= 0.3 is 5.97 Å². The van der Waals surface area contributed by atoms with E-state index in [-0.39, 0.29) is 5.78 Å². The molecule has 0 radical (unpaired) electrons. The summed E-state index contributed by atoms with van der Waals surface area (Å²) in [6.07, 6.45) is 0.400. The van der Waals surface area contributed by atoms with Gasteiger partial charge in [-0.25, -0.2) is 4.79 Å². The number of likely N-dealkylation sites (N-methyl/N-ethyl adjacent to an activating group) is 1. The van der Waals surface area contributed by atoms with Gasteiger partial charge in [0.1, 0.15) is 18.4 Å². The van der Waals surface area contributed by atoms with Gasteiger partial charge in [0.25, 0.3) is 0 Å². The molecule has 0 aliphatic rings. The van der Waals surface area contributed by atoms with Crippen molar-refractivity contribution in [3.05, 3.63) is 95.6 Å². The van der Waals surface area contributed by atoms with Gasteiger partial charge in [0.2, 0.25) is 0 Å². The molecular formula is C26H28N2O4. The Morgan fingerprint density at radius 3 is 2.28 bits per heavy atom. The predicted octanol–water partition coefficient (Wildman–Crippen LogP) is 3.71. The fourth-order valence-corrected chi connectivity index (χ4v) is 3.30. The summed E-state index contributed by atoms with van der Waals surface area (Å²) in [6, 6.07) is 23.2. The Kier molecular flexibility index (Phi) is 8.40. The van der Waals surface area contributed by atoms with E-state index in [0.29, 0.717) is 29.8 Å². The van der Waals surface area contributed by atoms with Crippen LogP contribution in [0.15, 0.2) is 78.9 Å². The van der Waals surface area contributed by atoms with Gasteiger partial charge in [0.05, 0.1) is 7.11 Å². The van der Waals surface area contributed by atoms with E-state index in [4.69, 9.17) is 9.47 Å². The lowest BCUT2D eigenvalue weighted by molar-refractivity contribution is -0.141. The highest BCUT2D eigenvalue weighted by molar-refractivity contribution is 6.12. The number of hydrogen-bond donors (Lipinski definition) is 2. The standard InChI is InChI=1S/C26H28N2O4/c1-27-16-17-32-21-14-12-19(13-15-21)18-24(26(30)31-2)28-23-11-7-6-10-22(23)25(29)20-8-4-3-5-9-20/h3-15,24,27-28H,16-18H2,1-2H3/t24-/m1/s1. The first-order chi connectivity index (χ1) is 15.6. The number of para-hydroxylation sites is 1. The molecule has 0 aliphatic heterocycles. The summed E-state index contributed by atoms with van der Waals surface area (Å²) >= 11 is 0. The summed E-state index contributed by atoms with van der Waals surface area (Å²) in [5.41, 5.74) is 2.62. The van der Waals surface area contributed by atoms with E-state index in [1.54, 1.807) is 30.3 Å². The SMILES string of the molecule is CNCCOc1ccc(C[C@@H](Nc2ccccc2C(=O)c2ccccc2)C(=O)OC)cc1. The molecule has 1 atom stereocenters. The van der Waals surface area contributed by atoms with E-state index in [0.717, 1.165) is 17.9 Å². The molecule has 6 heteroatoms. The van der Waals surface area contributed by atoms with Gasteiger partial charge in [-0.15, -0.1) is 0 Å². The lowest BCUT2D eigenvalue weighted by atomic mass is 10.00. The van der Waals surface area contributed by atoms with E-state index >= 15 is 0 Å². The third-order valence-electron chi connectivity index (χ3n) is 5.01. The Labute approximate surface area is 188 Å². The predicted molar refractivity (Wildman–Crippen MR) is 125 cm³/mol. The molecule has 0 aliphatic carbocycles. The van der Waals surface area contributed by atoms with Crippen molar-refractivity contribution in [3.8, 4) is 5.75 Å². The maximum Gasteiger partial charge on any atom is 0.328 e. The van der Waals surface area contributed by atoms with E-state index in [2.05, 4.69) is 10.6 Å². The van der Waals surface area contributed by atoms with Crippen LogP contribution >= 0.6 is 0 Å². The van der Waals surface area contributed by atoms with Crippen molar-refractivity contribution >= 4 is 17.4 Å². The minimum Gasteiger partial charge on any atom is -0.492 e. The summed E-state index contributed by atoms with van der Waals surface area (Å²) in [6.45, 7) is 1.34. The molecule has 0 spiro atoms. The Bertz CT molecular complexity index is 1020. The fraction of sp³-hybridized carbons (Fsp3) is 0.231. The molecule has 6 nitrogen and oxygen atoms in total. The average Bonchev–Trinajstić information content (AvgIpc) is 2.84. The van der Waals surface area contributed by atoms with Crippen LogP contribution in [0.2, 0.25) is 0 Å². The zero-order valence-electron chi connectivity index (χ0n) is 18.3. The fourth-order valence-electron chi connectivity index (χ4n) is 3.30. The molecule has 0 unspecified atom stereocenters. The van der Waals surface area contributed by atoms with Gasteiger partial charge in [0.15, 0.2) is 5.78 Å². The molecule has 0 saturated carbocycles. The highest BCUT2D eigenvalue weighted by Crippen LogP contribution is 2.22. The third-order valence-corrected chi connectivity index (χ3v) is 5.01. The maximum absolute atomic E-state index is 13.0. The molecule has 0 fully saturated rings. The zero-order valence-corrected chi connectivity index (χ0v) is 18.3. The normalized spacial score (nSPS) is 11.4. The van der Waals surface area contributed by atoms with Crippen molar-refractivity contribution in [2.75, 3.05) is 32.6 Å². The van der Waals surface area contributed by atoms with E-state index in [1.807, 2.05) is 55.6 Å². The van der Waals surface area contributed by atoms with Crippen molar-refractivity contribution in [2.45, 2.75) is 12.5 Å². The van der Waals surface area contributed by atoms with Gasteiger partial charge in [-0.3, -0.25) is 4.79 Å². The zero-order chi connectivity index (χ0) is 22.8. The Hall–Kier alpha value is -3.64. The molecule has 0 aromatic heterocycles. The summed E-state index contributed by atoms with van der Waals surface area (Å²) < 4.78 is 10.7. The number of esters is 1. The minimum absolute atomic E-state index is 0.111. The lowest BCUT2D eigenvalue weighted by Gasteiger charge is -2.20. The number of carbonyl (C=O) groups is 2. The summed E-state index contributed by atoms with van der Waals surface area (Å²) in [4.78, 5) is 25.5. The highest BCUT2D eigenvalue weighted by Gasteiger charge is 2.22. The largest absolute Gasteiger partial charge is 0.492 e. The van der Waals surface area contributed by atoms with E-state index in [9.17, 15) is 9.59 Å². The molecule has 3 rings (SSSR count). The quantitative estimate of drug-likeness (QED) is 0.273. The lowest BCUT2D eigenvalue weighted by Crippen LogP contribution is -2.33. The topological polar surface area (TPSA) is 76.7 Å². The second-order valence-corrected chi connectivity index (χ2v) is 7.26. The number of anilines is 1. The minimum atomic E-state index is -0.652. The van der Waals surface area contributed by atoms with Crippen molar-refractivity contribution in [1.82, 2.24) is 5.32 Å². The molecule has 3 aromatic rings. The van der Waals surface area contributed by atoms with Crippen LogP contribution in [0.5, 0.6) is 5.75 Å². The number of nitrogens with one attached hydrogen (secondary N) is 2. The van der Waals surface area contributed by atoms with Crippen LogP contribution in [-0.2, 0) is 16.0 Å². The monoisotopic (exact) mass is 432 g/mol. The van der Waals surface area contributed by atoms with Crippen LogP contribution in [-0.4, -0.2) is 45.1 Å². The van der Waals surface area contributed by atoms with E-state index in [1.165, 1.54) is 7.11 Å². The number of benzene rings is 3. The van der Waals surface area contributed by atoms with Gasteiger partial charge in [-0.05, 0) is 36.9 Å². The summed E-state index contributed by atoms with van der Waals surface area (Å²) in [5.74, 6) is 0.257. The molecule has 32 heavy (non-hydrogen) atoms. The number of hydrogen-bond acceptors (Lipinski definition) is 6. The van der Waals surface area contributed by atoms with Gasteiger partial charge in [-0.1, -0.05) is 54.6 Å². The van der Waals surface area contributed by atoms with Crippen molar-refractivity contribution < 1.29 is 19.1 Å². The molecule has 2 N–H and O–H groups in total. The first-order valence-corrected chi connectivity index (χ1v) is 10.5. The molecule has 0 saturated heterocycles. The van der Waals surface area contributed by atoms with Crippen LogP contribution in [0.4, 0.5) is 5.69 Å². The molecule has 0 bridgehead atoms. The Morgan fingerprint density at radius 1 is 0.906 bits per heavy atom. The molecule has 3 aromatic carbocycles. The maximum atomic E-state index is 13.0. The van der Waals surface area contributed by atoms with Crippen molar-refractivity contribution in [3.63, 3.8) is 0 Å². The van der Waals surface area contributed by atoms with Crippen molar-refractivity contribution in [1.29, 1.82) is 0 Å².